The first-order chi connectivity index (χ1) is 4.09. The third kappa shape index (κ3) is 3.59. The van der Waals surface area contributed by atoms with Crippen molar-refractivity contribution in [3.05, 3.63) is 20.1 Å². The molecule has 0 bridgehead atoms. The van der Waals surface area contributed by atoms with Gasteiger partial charge in [0, 0.05) is 5.54 Å². The van der Waals surface area contributed by atoms with E-state index in [1.54, 1.807) is 0 Å². The maximum absolute atomic E-state index is 5.40. The third-order valence-electron chi connectivity index (χ3n) is 0.471. The Bertz CT molecular complexity index is 152. The summed E-state index contributed by atoms with van der Waals surface area (Å²) in [6.45, 7) is 0. The fraction of sp³-hybridized carbons (Fsp3) is 0. The number of hydrogen-bond acceptors (Lipinski definition) is 0. The van der Waals surface area contributed by atoms with E-state index in [2.05, 4.69) is 0 Å². The van der Waals surface area contributed by atoms with Crippen LogP contribution in [0.4, 0.5) is 0 Å². The molecule has 0 heterocycles. The molecule has 0 rings (SSSR count). The van der Waals surface area contributed by atoms with Gasteiger partial charge in [0.05, 0.1) is 10.1 Å². The largest absolute Gasteiger partial charge is 0.126 e. The molecular weight excluding hydrogens is 225 g/mol. The number of rotatable bonds is 1. The van der Waals surface area contributed by atoms with Gasteiger partial charge in [-0.3, -0.25) is 0 Å². The quantitative estimate of drug-likeness (QED) is 0.588. The Morgan fingerprint density at radius 2 is 1.44 bits per heavy atom. The van der Waals surface area contributed by atoms with E-state index in [1.165, 1.54) is 0 Å². The lowest BCUT2D eigenvalue weighted by Gasteiger charge is -1.91. The molecule has 0 N–H and O–H groups in total. The van der Waals surface area contributed by atoms with Crippen LogP contribution in [0.25, 0.3) is 0 Å². The third-order valence-corrected chi connectivity index (χ3v) is 2.16. The first kappa shape index (κ1) is 9.93. The van der Waals surface area contributed by atoms with Crippen molar-refractivity contribution in [2.75, 3.05) is 0 Å². The molecule has 0 unspecified atom stereocenters. The monoisotopic (exact) mass is 224 g/mol. The van der Waals surface area contributed by atoms with Gasteiger partial charge in [-0.15, -0.1) is 0 Å². The van der Waals surface area contributed by atoms with Gasteiger partial charge in [-0.2, -0.15) is 0 Å². The molecule has 0 aromatic rings. The van der Waals surface area contributed by atoms with Crippen molar-refractivity contribution >= 4 is 58.0 Å². The molecule has 52 valence electrons. The second kappa shape index (κ2) is 4.70. The second-order valence-corrected chi connectivity index (χ2v) is 2.98. The van der Waals surface area contributed by atoms with E-state index in [0.717, 1.165) is 5.54 Å². The van der Waals surface area contributed by atoms with Crippen molar-refractivity contribution < 1.29 is 0 Å². The van der Waals surface area contributed by atoms with Gasteiger partial charge in [-0.25, -0.2) is 0 Å². The summed E-state index contributed by atoms with van der Waals surface area (Å²) in [4.78, 5) is 0. The van der Waals surface area contributed by atoms with Crippen LogP contribution >= 0.6 is 58.0 Å². The van der Waals surface area contributed by atoms with Crippen LogP contribution in [0.3, 0.4) is 0 Å². The highest BCUT2D eigenvalue weighted by Gasteiger charge is 2.01. The topological polar surface area (TPSA) is 0 Å². The molecule has 0 atom stereocenters. The van der Waals surface area contributed by atoms with Gasteiger partial charge >= 0.3 is 0 Å². The molecule has 0 saturated heterocycles. The van der Waals surface area contributed by atoms with Gasteiger partial charge in [0.2, 0.25) is 0 Å². The summed E-state index contributed by atoms with van der Waals surface area (Å²) in [6, 6.07) is 0. The van der Waals surface area contributed by atoms with Crippen LogP contribution < -0.4 is 0 Å². The van der Waals surface area contributed by atoms with Gasteiger partial charge in [0.15, 0.2) is 0 Å². The van der Waals surface area contributed by atoms with Crippen LogP contribution in [-0.4, -0.2) is 0 Å². The van der Waals surface area contributed by atoms with Gasteiger partial charge in [-0.1, -0.05) is 58.0 Å². The van der Waals surface area contributed by atoms with E-state index in [-0.39, 0.29) is 14.6 Å². The minimum absolute atomic E-state index is 0.0509. The standard InChI is InChI=1S/C4HCl5/c5-1-2(6)3(7)4(8)9/h1H/b2-1-. The average molecular weight is 226 g/mol. The maximum atomic E-state index is 5.40. The lowest BCUT2D eigenvalue weighted by Crippen LogP contribution is -1.69. The van der Waals surface area contributed by atoms with Crippen molar-refractivity contribution in [3.63, 3.8) is 0 Å². The Labute approximate surface area is 78.0 Å². The van der Waals surface area contributed by atoms with Gasteiger partial charge in [0.25, 0.3) is 0 Å². The maximum Gasteiger partial charge on any atom is 0.126 e. The molecule has 5 heteroatoms. The number of hydrogen-bond donors (Lipinski definition) is 0. The molecular formula is C4HCl5. The highest BCUT2D eigenvalue weighted by atomic mass is 35.5. The Morgan fingerprint density at radius 1 is 1.00 bits per heavy atom. The van der Waals surface area contributed by atoms with Crippen molar-refractivity contribution in [3.8, 4) is 0 Å². The molecule has 0 saturated carbocycles. The van der Waals surface area contributed by atoms with Gasteiger partial charge < -0.3 is 0 Å². The highest BCUT2D eigenvalue weighted by molar-refractivity contribution is 6.61. The molecule has 9 heavy (non-hydrogen) atoms. The molecule has 0 aliphatic rings. The van der Waals surface area contributed by atoms with Crippen molar-refractivity contribution in [2.45, 2.75) is 0 Å². The van der Waals surface area contributed by atoms with Crippen LogP contribution in [0.5, 0.6) is 0 Å². The first-order valence-electron chi connectivity index (χ1n) is 1.76. The Balaban J connectivity index is 4.40. The summed E-state index contributed by atoms with van der Waals surface area (Å²) in [5.74, 6) is 0. The van der Waals surface area contributed by atoms with E-state index in [9.17, 15) is 0 Å². The Hall–Kier alpha value is 0.930. The normalized spacial score (nSPS) is 11.4. The van der Waals surface area contributed by atoms with E-state index < -0.39 is 0 Å². The van der Waals surface area contributed by atoms with Crippen LogP contribution in [0.1, 0.15) is 0 Å². The van der Waals surface area contributed by atoms with E-state index in [0.29, 0.717) is 0 Å². The zero-order valence-corrected chi connectivity index (χ0v) is 7.75. The Morgan fingerprint density at radius 3 is 1.56 bits per heavy atom. The van der Waals surface area contributed by atoms with Crippen molar-refractivity contribution in [2.24, 2.45) is 0 Å². The summed E-state index contributed by atoms with van der Waals surface area (Å²) >= 11 is 26.4. The van der Waals surface area contributed by atoms with Crippen LogP contribution in [0.15, 0.2) is 20.1 Å². The van der Waals surface area contributed by atoms with Gasteiger partial charge in [0.1, 0.15) is 4.49 Å². The van der Waals surface area contributed by atoms with Crippen LogP contribution in [0.2, 0.25) is 0 Å². The zero-order valence-electron chi connectivity index (χ0n) is 3.97. The van der Waals surface area contributed by atoms with Gasteiger partial charge in [-0.05, 0) is 0 Å². The predicted molar refractivity (Wildman–Crippen MR) is 44.4 cm³/mol. The molecule has 0 nitrogen and oxygen atoms in total. The molecule has 0 aliphatic heterocycles. The summed E-state index contributed by atoms with van der Waals surface area (Å²) in [5, 5.41) is 0.174. The molecule has 0 aromatic heterocycles. The minimum atomic E-state index is -0.0985. The molecule has 0 radical (unpaired) electrons. The zero-order chi connectivity index (χ0) is 7.44. The second-order valence-electron chi connectivity index (χ2n) is 1.03. The molecule has 0 aromatic carbocycles. The number of halogens is 5. The van der Waals surface area contributed by atoms with Crippen molar-refractivity contribution in [1.82, 2.24) is 0 Å². The minimum Gasteiger partial charge on any atom is -0.0913 e. The summed E-state index contributed by atoms with van der Waals surface area (Å²) in [7, 11) is 0. The first-order valence-corrected chi connectivity index (χ1v) is 3.71. The van der Waals surface area contributed by atoms with E-state index in [4.69, 9.17) is 58.0 Å². The summed E-state index contributed by atoms with van der Waals surface area (Å²) in [6.07, 6.45) is 0. The lowest BCUT2D eigenvalue weighted by atomic mass is 10.6. The molecule has 0 fully saturated rings. The van der Waals surface area contributed by atoms with Crippen molar-refractivity contribution in [1.29, 1.82) is 0 Å². The predicted octanol–water partition coefficient (Wildman–Crippen LogP) is 4.19. The highest BCUT2D eigenvalue weighted by Crippen LogP contribution is 2.27. The van der Waals surface area contributed by atoms with Crippen LogP contribution in [-0.2, 0) is 0 Å². The molecule has 0 spiro atoms. The average Bonchev–Trinajstić information content (AvgIpc) is 1.84. The fourth-order valence-electron chi connectivity index (χ4n) is 0.138. The lowest BCUT2D eigenvalue weighted by molar-refractivity contribution is 1.87. The molecule has 0 amide bonds. The summed E-state index contributed by atoms with van der Waals surface area (Å²) < 4.78 is -0.0985. The summed E-state index contributed by atoms with van der Waals surface area (Å²) in [5.41, 5.74) is 1.08. The smallest absolute Gasteiger partial charge is 0.0913 e. The molecule has 0 aliphatic carbocycles. The van der Waals surface area contributed by atoms with E-state index in [1.807, 2.05) is 0 Å². The van der Waals surface area contributed by atoms with E-state index >= 15 is 0 Å². The fourth-order valence-corrected chi connectivity index (χ4v) is 0.753. The Kier molecular flexibility index (Phi) is 5.19. The SMILES string of the molecule is Cl/C=C(\Cl)C(Cl)=C(Cl)Cl. The number of allylic oxidation sites excluding steroid dienone is 2. The van der Waals surface area contributed by atoms with Crippen LogP contribution in [0, 0.1) is 0 Å².